The fourth-order valence-electron chi connectivity index (χ4n) is 3.84. The second-order valence-corrected chi connectivity index (χ2v) is 7.93. The molecule has 0 aliphatic carbocycles. The molecule has 8 nitrogen and oxygen atoms in total. The number of H-pyrrole nitrogens is 1. The van der Waals surface area contributed by atoms with Gasteiger partial charge in [-0.2, -0.15) is 5.10 Å². The highest BCUT2D eigenvalue weighted by molar-refractivity contribution is 6.30. The van der Waals surface area contributed by atoms with Crippen LogP contribution >= 0.6 is 11.6 Å². The van der Waals surface area contributed by atoms with Gasteiger partial charge in [0, 0.05) is 42.0 Å². The third-order valence-electron chi connectivity index (χ3n) is 5.46. The predicted octanol–water partition coefficient (Wildman–Crippen LogP) is 3.34. The topological polar surface area (TPSA) is 107 Å². The highest BCUT2D eigenvalue weighted by Crippen LogP contribution is 2.33. The van der Waals surface area contributed by atoms with Crippen molar-refractivity contribution in [1.29, 1.82) is 0 Å². The summed E-state index contributed by atoms with van der Waals surface area (Å²) in [6, 6.07) is 9.20. The molecule has 4 heterocycles. The molecule has 1 saturated heterocycles. The van der Waals surface area contributed by atoms with E-state index in [1.807, 2.05) is 17.0 Å². The molecule has 3 N–H and O–H groups in total. The molecule has 162 valence electrons. The molecule has 0 saturated carbocycles. The van der Waals surface area contributed by atoms with Crippen molar-refractivity contribution in [2.24, 2.45) is 0 Å². The average molecular weight is 453 g/mol. The van der Waals surface area contributed by atoms with Gasteiger partial charge in [-0.05, 0) is 36.4 Å². The number of benzene rings is 1. The molecule has 0 bridgehead atoms. The zero-order chi connectivity index (χ0) is 22.2. The van der Waals surface area contributed by atoms with Gasteiger partial charge in [0.15, 0.2) is 0 Å². The van der Waals surface area contributed by atoms with Gasteiger partial charge in [-0.1, -0.05) is 11.6 Å². The molecule has 1 fully saturated rings. The number of rotatable bonds is 4. The van der Waals surface area contributed by atoms with E-state index in [0.29, 0.717) is 52.6 Å². The number of fused-ring (bicyclic) bond motifs is 1. The Hall–Kier alpha value is -3.56. The van der Waals surface area contributed by atoms with E-state index in [1.54, 1.807) is 18.5 Å². The van der Waals surface area contributed by atoms with Crippen LogP contribution in [0.1, 0.15) is 0 Å². The number of carbonyl (C=O) groups is 1. The maximum absolute atomic E-state index is 14.4. The highest BCUT2D eigenvalue weighted by Gasteiger charge is 2.25. The lowest BCUT2D eigenvalue weighted by atomic mass is 10.0. The fourth-order valence-corrected chi connectivity index (χ4v) is 4.01. The van der Waals surface area contributed by atoms with Gasteiger partial charge in [0.25, 0.3) is 0 Å². The van der Waals surface area contributed by atoms with Crippen molar-refractivity contribution in [3.05, 3.63) is 59.6 Å². The Kier molecular flexibility index (Phi) is 5.20. The van der Waals surface area contributed by atoms with Crippen molar-refractivity contribution in [3.63, 3.8) is 0 Å². The summed E-state index contributed by atoms with van der Waals surface area (Å²) in [5.41, 5.74) is 4.05. The van der Waals surface area contributed by atoms with Gasteiger partial charge in [-0.25, -0.2) is 9.37 Å². The summed E-state index contributed by atoms with van der Waals surface area (Å²) in [6.07, 6.45) is 3.38. The summed E-state index contributed by atoms with van der Waals surface area (Å²) in [5.74, 6) is -1.32. The van der Waals surface area contributed by atoms with Crippen LogP contribution in [0.15, 0.2) is 48.8 Å². The molecule has 0 radical (unpaired) electrons. The van der Waals surface area contributed by atoms with Crippen LogP contribution in [0.25, 0.3) is 33.5 Å². The molecule has 0 spiro atoms. The Morgan fingerprint density at radius 1 is 1.19 bits per heavy atom. The molecule has 32 heavy (non-hydrogen) atoms. The van der Waals surface area contributed by atoms with E-state index in [0.717, 1.165) is 5.69 Å². The van der Waals surface area contributed by atoms with Crippen molar-refractivity contribution in [1.82, 2.24) is 25.5 Å². The van der Waals surface area contributed by atoms with E-state index in [2.05, 4.69) is 20.5 Å². The maximum atomic E-state index is 14.4. The summed E-state index contributed by atoms with van der Waals surface area (Å²) in [7, 11) is 0. The summed E-state index contributed by atoms with van der Waals surface area (Å²) >= 11 is 6.06. The lowest BCUT2D eigenvalue weighted by Crippen LogP contribution is -2.54. The number of nitrogens with zero attached hydrogens (tertiary/aromatic N) is 4. The Balaban J connectivity index is 1.53. The lowest BCUT2D eigenvalue weighted by molar-refractivity contribution is -0.139. The Morgan fingerprint density at radius 3 is 2.91 bits per heavy atom. The molecule has 4 aromatic rings. The SMILES string of the molecule is O=C(O)[C@@H]1CN(c2cnc3ccc(-c4c[nH]nc4-c4cc(Cl)ccc4F)nc3c2)CCN1. The zero-order valence-electron chi connectivity index (χ0n) is 16.7. The number of piperazine rings is 1. The number of aromatic amines is 1. The predicted molar refractivity (Wildman–Crippen MR) is 119 cm³/mol. The van der Waals surface area contributed by atoms with E-state index in [9.17, 15) is 14.3 Å². The van der Waals surface area contributed by atoms with E-state index < -0.39 is 17.8 Å². The number of pyridine rings is 2. The molecule has 0 unspecified atom stereocenters. The molecular weight excluding hydrogens is 435 g/mol. The molecule has 1 atom stereocenters. The van der Waals surface area contributed by atoms with Crippen LogP contribution in [-0.2, 0) is 4.79 Å². The standard InChI is InChI=1S/C22H18ClFN6O2/c23-12-1-2-16(24)14(7-12)21-15(10-27-29-21)17-3-4-18-19(28-17)8-13(9-26-18)30-6-5-25-20(11-30)22(31)32/h1-4,7-10,20,25H,5-6,11H2,(H,27,29)(H,31,32)/t20-/m0/s1. The van der Waals surface area contributed by atoms with Gasteiger partial charge in [0.05, 0.1) is 28.6 Å². The van der Waals surface area contributed by atoms with Crippen LogP contribution in [0, 0.1) is 5.82 Å². The lowest BCUT2D eigenvalue weighted by Gasteiger charge is -2.33. The number of anilines is 1. The Morgan fingerprint density at radius 2 is 2.06 bits per heavy atom. The van der Waals surface area contributed by atoms with Crippen LogP contribution in [0.2, 0.25) is 5.02 Å². The second-order valence-electron chi connectivity index (χ2n) is 7.49. The molecule has 5 rings (SSSR count). The fraction of sp³-hybridized carbons (Fsp3) is 0.182. The third-order valence-corrected chi connectivity index (χ3v) is 5.70. The average Bonchev–Trinajstić information content (AvgIpc) is 3.29. The van der Waals surface area contributed by atoms with Crippen LogP contribution in [0.5, 0.6) is 0 Å². The molecular formula is C22H18ClFN6O2. The quantitative estimate of drug-likeness (QED) is 0.436. The van der Waals surface area contributed by atoms with E-state index >= 15 is 0 Å². The van der Waals surface area contributed by atoms with Crippen molar-refractivity contribution in [2.45, 2.75) is 6.04 Å². The number of carboxylic acid groups (broad SMARTS) is 1. The van der Waals surface area contributed by atoms with Gasteiger partial charge >= 0.3 is 5.97 Å². The zero-order valence-corrected chi connectivity index (χ0v) is 17.5. The van der Waals surface area contributed by atoms with Crippen molar-refractivity contribution in [3.8, 4) is 22.5 Å². The van der Waals surface area contributed by atoms with Crippen LogP contribution < -0.4 is 10.2 Å². The number of nitrogens with one attached hydrogen (secondary N) is 2. The molecule has 1 aliphatic rings. The van der Waals surface area contributed by atoms with Crippen LogP contribution in [-0.4, -0.2) is 56.9 Å². The molecule has 10 heteroatoms. The summed E-state index contributed by atoms with van der Waals surface area (Å²) in [4.78, 5) is 22.5. The van der Waals surface area contributed by atoms with Crippen LogP contribution in [0.4, 0.5) is 10.1 Å². The number of aromatic nitrogens is 4. The van der Waals surface area contributed by atoms with Gasteiger partial charge in [-0.15, -0.1) is 0 Å². The minimum absolute atomic E-state index is 0.281. The first-order valence-electron chi connectivity index (χ1n) is 9.97. The number of carboxylic acids is 1. The van der Waals surface area contributed by atoms with Crippen LogP contribution in [0.3, 0.4) is 0 Å². The molecule has 3 aromatic heterocycles. The molecule has 1 aliphatic heterocycles. The monoisotopic (exact) mass is 452 g/mol. The van der Waals surface area contributed by atoms with Crippen molar-refractivity contribution in [2.75, 3.05) is 24.5 Å². The second kappa shape index (κ2) is 8.18. The third kappa shape index (κ3) is 3.76. The molecule has 0 amide bonds. The Bertz CT molecular complexity index is 1330. The minimum atomic E-state index is -0.885. The van der Waals surface area contributed by atoms with E-state index in [1.165, 1.54) is 18.2 Å². The molecule has 1 aromatic carbocycles. The summed E-state index contributed by atoms with van der Waals surface area (Å²) < 4.78 is 14.4. The number of hydrogen-bond acceptors (Lipinski definition) is 6. The smallest absolute Gasteiger partial charge is 0.322 e. The van der Waals surface area contributed by atoms with Gasteiger partial charge < -0.3 is 15.3 Å². The maximum Gasteiger partial charge on any atom is 0.322 e. The van der Waals surface area contributed by atoms with E-state index in [-0.39, 0.29) is 5.56 Å². The number of aliphatic carboxylic acids is 1. The highest BCUT2D eigenvalue weighted by atomic mass is 35.5. The largest absolute Gasteiger partial charge is 0.480 e. The Labute approximate surface area is 187 Å². The first kappa shape index (κ1) is 20.3. The van der Waals surface area contributed by atoms with Gasteiger partial charge in [0.2, 0.25) is 0 Å². The van der Waals surface area contributed by atoms with Gasteiger partial charge in [0.1, 0.15) is 17.6 Å². The van der Waals surface area contributed by atoms with Gasteiger partial charge in [-0.3, -0.25) is 14.9 Å². The summed E-state index contributed by atoms with van der Waals surface area (Å²) in [5, 5.41) is 19.7. The van der Waals surface area contributed by atoms with Crippen molar-refractivity contribution >= 4 is 34.3 Å². The normalized spacial score (nSPS) is 16.4. The minimum Gasteiger partial charge on any atom is -0.480 e. The van der Waals surface area contributed by atoms with E-state index in [4.69, 9.17) is 16.6 Å². The number of hydrogen-bond donors (Lipinski definition) is 3. The first-order valence-corrected chi connectivity index (χ1v) is 10.3. The van der Waals surface area contributed by atoms with Crippen molar-refractivity contribution < 1.29 is 14.3 Å². The number of halogens is 2. The summed E-state index contributed by atoms with van der Waals surface area (Å²) in [6.45, 7) is 1.56. The first-order chi connectivity index (χ1) is 15.5.